The molecule has 0 aliphatic carbocycles. The molecule has 3 heterocycles. The number of hydrogen-bond acceptors (Lipinski definition) is 6. The van der Waals surface area contributed by atoms with Crippen LogP contribution in [0.3, 0.4) is 0 Å². The molecule has 0 unspecified atom stereocenters. The van der Waals surface area contributed by atoms with E-state index in [0.29, 0.717) is 34.9 Å². The number of ether oxygens (including phenoxy) is 2. The van der Waals surface area contributed by atoms with Gasteiger partial charge in [0.05, 0.1) is 10.9 Å². The van der Waals surface area contributed by atoms with Crippen LogP contribution in [-0.2, 0) is 17.9 Å². The summed E-state index contributed by atoms with van der Waals surface area (Å²) in [6, 6.07) is 12.9. The van der Waals surface area contributed by atoms with Gasteiger partial charge in [0, 0.05) is 19.6 Å². The minimum Gasteiger partial charge on any atom is -0.454 e. The van der Waals surface area contributed by atoms with Gasteiger partial charge in [-0.2, -0.15) is 0 Å². The predicted octanol–water partition coefficient (Wildman–Crippen LogP) is 2.43. The number of piperidine rings is 1. The second-order valence-corrected chi connectivity index (χ2v) is 7.83. The largest absolute Gasteiger partial charge is 0.454 e. The van der Waals surface area contributed by atoms with Crippen molar-refractivity contribution in [3.63, 3.8) is 0 Å². The van der Waals surface area contributed by atoms with E-state index in [4.69, 9.17) is 14.5 Å². The summed E-state index contributed by atoms with van der Waals surface area (Å²) >= 11 is 0. The van der Waals surface area contributed by atoms with Crippen LogP contribution in [0.5, 0.6) is 11.5 Å². The average Bonchev–Trinajstić information content (AvgIpc) is 3.28. The van der Waals surface area contributed by atoms with Crippen molar-refractivity contribution in [2.45, 2.75) is 32.4 Å². The maximum atomic E-state index is 13.2. The molecular weight excluding hydrogens is 396 g/mol. The Kier molecular flexibility index (Phi) is 5.19. The Bertz CT molecular complexity index is 1180. The molecule has 1 fully saturated rings. The summed E-state index contributed by atoms with van der Waals surface area (Å²) in [5.41, 5.74) is 1.37. The molecule has 0 radical (unpaired) electrons. The molecule has 2 aliphatic heterocycles. The van der Waals surface area contributed by atoms with Crippen molar-refractivity contribution in [2.75, 3.05) is 24.8 Å². The molecular formula is C23H24N4O4. The highest BCUT2D eigenvalue weighted by atomic mass is 16.7. The fourth-order valence-corrected chi connectivity index (χ4v) is 4.09. The van der Waals surface area contributed by atoms with Gasteiger partial charge < -0.3 is 19.7 Å². The zero-order chi connectivity index (χ0) is 21.2. The molecule has 0 atom stereocenters. The molecule has 1 aromatic heterocycles. The van der Waals surface area contributed by atoms with Crippen LogP contribution < -0.4 is 25.2 Å². The summed E-state index contributed by atoms with van der Waals surface area (Å²) in [6.07, 6.45) is 3.28. The van der Waals surface area contributed by atoms with Crippen molar-refractivity contribution >= 4 is 22.8 Å². The van der Waals surface area contributed by atoms with E-state index in [1.165, 1.54) is 11.0 Å². The monoisotopic (exact) mass is 420 g/mol. The van der Waals surface area contributed by atoms with Crippen molar-refractivity contribution in [1.82, 2.24) is 14.9 Å². The number of para-hydroxylation sites is 1. The van der Waals surface area contributed by atoms with Crippen LogP contribution in [-0.4, -0.2) is 35.3 Å². The van der Waals surface area contributed by atoms with Crippen LogP contribution in [0.4, 0.5) is 5.95 Å². The standard InChI is InChI=1S/C23H24N4O4/c28-21(24-13-16-8-9-19-20(12-16)31-15-30-19)14-27-22(29)17-6-2-3-7-18(17)25-23(27)26-10-4-1-5-11-26/h2-3,6-9,12H,1,4-5,10-11,13-15H2,(H,24,28). The van der Waals surface area contributed by atoms with Crippen molar-refractivity contribution in [2.24, 2.45) is 0 Å². The molecule has 1 saturated heterocycles. The van der Waals surface area contributed by atoms with Gasteiger partial charge in [-0.3, -0.25) is 14.2 Å². The van der Waals surface area contributed by atoms with Gasteiger partial charge in [-0.1, -0.05) is 18.2 Å². The van der Waals surface area contributed by atoms with Crippen molar-refractivity contribution in [1.29, 1.82) is 0 Å². The molecule has 160 valence electrons. The minimum atomic E-state index is -0.241. The summed E-state index contributed by atoms with van der Waals surface area (Å²) in [5.74, 6) is 1.71. The van der Waals surface area contributed by atoms with Gasteiger partial charge in [-0.15, -0.1) is 0 Å². The third kappa shape index (κ3) is 3.93. The lowest BCUT2D eigenvalue weighted by molar-refractivity contribution is -0.121. The van der Waals surface area contributed by atoms with Crippen LogP contribution in [0.25, 0.3) is 10.9 Å². The lowest BCUT2D eigenvalue weighted by Gasteiger charge is -2.29. The van der Waals surface area contributed by atoms with Crippen LogP contribution in [0, 0.1) is 0 Å². The van der Waals surface area contributed by atoms with Gasteiger partial charge in [0.15, 0.2) is 11.5 Å². The third-order valence-corrected chi connectivity index (χ3v) is 5.71. The lowest BCUT2D eigenvalue weighted by Crippen LogP contribution is -2.39. The number of amides is 1. The molecule has 0 spiro atoms. The summed E-state index contributed by atoms with van der Waals surface area (Å²) in [7, 11) is 0. The van der Waals surface area contributed by atoms with E-state index in [1.54, 1.807) is 6.07 Å². The van der Waals surface area contributed by atoms with E-state index in [2.05, 4.69) is 10.2 Å². The Morgan fingerprint density at radius 1 is 1.03 bits per heavy atom. The second-order valence-electron chi connectivity index (χ2n) is 7.83. The molecule has 2 aromatic carbocycles. The van der Waals surface area contributed by atoms with Crippen LogP contribution in [0.1, 0.15) is 24.8 Å². The smallest absolute Gasteiger partial charge is 0.263 e. The molecule has 8 heteroatoms. The number of anilines is 1. The molecule has 3 aromatic rings. The maximum Gasteiger partial charge on any atom is 0.263 e. The first-order valence-corrected chi connectivity index (χ1v) is 10.6. The summed E-state index contributed by atoms with van der Waals surface area (Å²) in [6.45, 7) is 2.15. The van der Waals surface area contributed by atoms with Crippen molar-refractivity contribution in [3.8, 4) is 11.5 Å². The molecule has 1 N–H and O–H groups in total. The number of carbonyl (C=O) groups is 1. The van der Waals surface area contributed by atoms with Gasteiger partial charge in [-0.05, 0) is 49.1 Å². The molecule has 8 nitrogen and oxygen atoms in total. The summed E-state index contributed by atoms with van der Waals surface area (Å²) < 4.78 is 12.2. The Balaban J connectivity index is 1.38. The Labute approximate surface area is 179 Å². The zero-order valence-electron chi connectivity index (χ0n) is 17.2. The van der Waals surface area contributed by atoms with E-state index in [1.807, 2.05) is 36.4 Å². The fraction of sp³-hybridized carbons (Fsp3) is 0.348. The predicted molar refractivity (Wildman–Crippen MR) is 116 cm³/mol. The van der Waals surface area contributed by atoms with Gasteiger partial charge in [-0.25, -0.2) is 4.98 Å². The molecule has 2 aliphatic rings. The van der Waals surface area contributed by atoms with Gasteiger partial charge >= 0.3 is 0 Å². The minimum absolute atomic E-state index is 0.0763. The molecule has 1 amide bonds. The van der Waals surface area contributed by atoms with Crippen LogP contribution in [0.2, 0.25) is 0 Å². The first-order valence-electron chi connectivity index (χ1n) is 10.6. The number of nitrogens with one attached hydrogen (secondary N) is 1. The molecule has 31 heavy (non-hydrogen) atoms. The number of rotatable bonds is 5. The zero-order valence-corrected chi connectivity index (χ0v) is 17.2. The highest BCUT2D eigenvalue weighted by Gasteiger charge is 2.21. The number of benzene rings is 2. The number of aromatic nitrogens is 2. The van der Waals surface area contributed by atoms with E-state index in [9.17, 15) is 9.59 Å². The van der Waals surface area contributed by atoms with E-state index < -0.39 is 0 Å². The summed E-state index contributed by atoms with van der Waals surface area (Å²) in [5, 5.41) is 3.42. The van der Waals surface area contributed by atoms with E-state index in [0.717, 1.165) is 31.5 Å². The number of hydrogen-bond donors (Lipinski definition) is 1. The number of carbonyl (C=O) groups excluding carboxylic acids is 1. The quantitative estimate of drug-likeness (QED) is 0.682. The fourth-order valence-electron chi connectivity index (χ4n) is 4.09. The first-order chi connectivity index (χ1) is 15.2. The highest BCUT2D eigenvalue weighted by molar-refractivity contribution is 5.80. The topological polar surface area (TPSA) is 85.7 Å². The SMILES string of the molecule is O=C(Cn1c(N2CCCCC2)nc2ccccc2c1=O)NCc1ccc2c(c1)OCO2. The molecule has 0 saturated carbocycles. The summed E-state index contributed by atoms with van der Waals surface area (Å²) in [4.78, 5) is 32.8. The van der Waals surface area contributed by atoms with E-state index >= 15 is 0 Å². The first kappa shape index (κ1) is 19.4. The number of nitrogens with zero attached hydrogens (tertiary/aromatic N) is 3. The van der Waals surface area contributed by atoms with E-state index in [-0.39, 0.29) is 24.8 Å². The Morgan fingerprint density at radius 2 is 1.84 bits per heavy atom. The highest BCUT2D eigenvalue weighted by Crippen LogP contribution is 2.32. The van der Waals surface area contributed by atoms with Crippen molar-refractivity contribution < 1.29 is 14.3 Å². The van der Waals surface area contributed by atoms with Gasteiger partial charge in [0.2, 0.25) is 18.6 Å². The number of fused-ring (bicyclic) bond motifs is 2. The van der Waals surface area contributed by atoms with Gasteiger partial charge in [0.1, 0.15) is 6.54 Å². The van der Waals surface area contributed by atoms with Crippen LogP contribution >= 0.6 is 0 Å². The average molecular weight is 420 g/mol. The third-order valence-electron chi connectivity index (χ3n) is 5.71. The lowest BCUT2D eigenvalue weighted by atomic mass is 10.1. The second kappa shape index (κ2) is 8.29. The molecule has 0 bridgehead atoms. The Morgan fingerprint density at radius 3 is 2.71 bits per heavy atom. The maximum absolute atomic E-state index is 13.2. The van der Waals surface area contributed by atoms with Crippen molar-refractivity contribution in [3.05, 3.63) is 58.4 Å². The van der Waals surface area contributed by atoms with Crippen LogP contribution in [0.15, 0.2) is 47.3 Å². The van der Waals surface area contributed by atoms with Gasteiger partial charge in [0.25, 0.3) is 5.56 Å². The Hall–Kier alpha value is -3.55. The molecule has 5 rings (SSSR count). The normalized spacial score (nSPS) is 15.3.